The van der Waals surface area contributed by atoms with Gasteiger partial charge in [0.2, 0.25) is 11.7 Å². The predicted molar refractivity (Wildman–Crippen MR) is 111 cm³/mol. The van der Waals surface area contributed by atoms with Crippen LogP contribution in [0.5, 0.6) is 0 Å². The van der Waals surface area contributed by atoms with E-state index in [1.54, 1.807) is 18.3 Å². The number of nitrogens with zero attached hydrogens (tertiary/aromatic N) is 4. The van der Waals surface area contributed by atoms with E-state index >= 15 is 0 Å². The number of hydrogen-bond acceptors (Lipinski definition) is 7. The quantitative estimate of drug-likeness (QED) is 0.726. The first-order valence-electron chi connectivity index (χ1n) is 10.4. The minimum atomic E-state index is -3.18. The van der Waals surface area contributed by atoms with Crippen LogP contribution < -0.4 is 15.5 Å². The fraction of sp³-hybridized carbons (Fsp3) is 0.524. The summed E-state index contributed by atoms with van der Waals surface area (Å²) in [5, 5.41) is 5.81. The van der Waals surface area contributed by atoms with Crippen molar-refractivity contribution < 1.29 is 18.3 Å². The smallest absolute Gasteiger partial charge is 0.303 e. The minimum Gasteiger partial charge on any atom is -0.376 e. The second-order valence-electron chi connectivity index (χ2n) is 8.62. The maximum absolute atomic E-state index is 14.2. The first-order chi connectivity index (χ1) is 14.7. The van der Waals surface area contributed by atoms with Crippen LogP contribution in [-0.4, -0.2) is 46.7 Å². The predicted octanol–water partition coefficient (Wildman–Crippen LogP) is 3.33. The van der Waals surface area contributed by atoms with Crippen LogP contribution >= 0.6 is 0 Å². The van der Waals surface area contributed by atoms with Crippen molar-refractivity contribution >= 4 is 29.0 Å². The van der Waals surface area contributed by atoms with E-state index in [0.29, 0.717) is 30.5 Å². The number of fused-ring (bicyclic) bond motifs is 2. The molecule has 1 atom stereocenters. The molecule has 1 spiro atoms. The number of alkyl halides is 2. The number of halogens is 2. The summed E-state index contributed by atoms with van der Waals surface area (Å²) in [6, 6.07) is 3.47. The zero-order valence-electron chi connectivity index (χ0n) is 17.4. The van der Waals surface area contributed by atoms with Crippen molar-refractivity contribution in [2.24, 2.45) is 0 Å². The van der Waals surface area contributed by atoms with Crippen molar-refractivity contribution in [2.45, 2.75) is 50.6 Å². The van der Waals surface area contributed by atoms with Gasteiger partial charge in [-0.25, -0.2) is 15.0 Å². The maximum Gasteiger partial charge on any atom is 0.303 e. The molecule has 1 unspecified atom stereocenters. The molecule has 4 heterocycles. The highest BCUT2D eigenvalue weighted by Crippen LogP contribution is 2.58. The Labute approximate surface area is 178 Å². The van der Waals surface area contributed by atoms with Crippen LogP contribution in [0.3, 0.4) is 0 Å². The number of amides is 1. The van der Waals surface area contributed by atoms with Gasteiger partial charge in [-0.05, 0) is 19.3 Å². The van der Waals surface area contributed by atoms with Gasteiger partial charge in [-0.15, -0.1) is 0 Å². The highest BCUT2D eigenvalue weighted by molar-refractivity contribution is 5.89. The van der Waals surface area contributed by atoms with E-state index in [0.717, 1.165) is 44.0 Å². The molecule has 10 heteroatoms. The van der Waals surface area contributed by atoms with Crippen LogP contribution in [0.15, 0.2) is 18.3 Å². The van der Waals surface area contributed by atoms with Crippen molar-refractivity contribution in [1.82, 2.24) is 15.0 Å². The van der Waals surface area contributed by atoms with Crippen molar-refractivity contribution in [2.75, 3.05) is 35.2 Å². The molecule has 1 aliphatic carbocycles. The lowest BCUT2D eigenvalue weighted by atomic mass is 10.0. The summed E-state index contributed by atoms with van der Waals surface area (Å²) in [5.74, 6) is -2.78. The normalized spacial score (nSPS) is 20.9. The molecular weight excluding hydrogens is 406 g/mol. The Morgan fingerprint density at radius 1 is 1.32 bits per heavy atom. The molecule has 2 aromatic rings. The number of hydrogen-bond donors (Lipinski definition) is 2. The van der Waals surface area contributed by atoms with Gasteiger partial charge in [0.15, 0.2) is 0 Å². The van der Waals surface area contributed by atoms with Gasteiger partial charge in [0.1, 0.15) is 17.5 Å². The molecular formula is C21H24F2N6O2. The number of carbonyl (C=O) groups excluding carboxylic acids is 1. The molecule has 2 aliphatic heterocycles. The highest BCUT2D eigenvalue weighted by Gasteiger charge is 2.52. The van der Waals surface area contributed by atoms with Crippen molar-refractivity contribution in [3.05, 3.63) is 29.7 Å². The Morgan fingerprint density at radius 2 is 2.10 bits per heavy atom. The molecule has 8 nitrogen and oxygen atoms in total. The molecule has 3 aliphatic rings. The summed E-state index contributed by atoms with van der Waals surface area (Å²) < 4.78 is 33.8. The van der Waals surface area contributed by atoms with E-state index in [1.165, 1.54) is 6.92 Å². The third kappa shape index (κ3) is 3.80. The van der Waals surface area contributed by atoms with Gasteiger partial charge in [-0.3, -0.25) is 4.79 Å². The summed E-state index contributed by atoms with van der Waals surface area (Å²) in [7, 11) is 0. The van der Waals surface area contributed by atoms with Gasteiger partial charge in [0.25, 0.3) is 0 Å². The van der Waals surface area contributed by atoms with E-state index in [9.17, 15) is 13.6 Å². The summed E-state index contributed by atoms with van der Waals surface area (Å²) in [5.41, 5.74) is 1.85. The molecule has 2 N–H and O–H groups in total. The molecule has 0 aromatic carbocycles. The first-order valence-corrected chi connectivity index (χ1v) is 10.4. The average molecular weight is 430 g/mol. The third-order valence-corrected chi connectivity index (χ3v) is 6.05. The number of carbonyl (C=O) groups is 1. The van der Waals surface area contributed by atoms with Gasteiger partial charge in [0.05, 0.1) is 11.8 Å². The van der Waals surface area contributed by atoms with E-state index in [2.05, 4.69) is 25.6 Å². The van der Waals surface area contributed by atoms with Gasteiger partial charge in [-0.1, -0.05) is 0 Å². The Balaban J connectivity index is 1.52. The minimum absolute atomic E-state index is 0.0374. The fourth-order valence-electron chi connectivity index (χ4n) is 4.10. The van der Waals surface area contributed by atoms with Crippen LogP contribution in [0, 0.1) is 0 Å². The topological polar surface area (TPSA) is 92.3 Å². The Bertz CT molecular complexity index is 1030. The highest BCUT2D eigenvalue weighted by atomic mass is 19.3. The summed E-state index contributed by atoms with van der Waals surface area (Å²) in [6.07, 6.45) is 4.78. The van der Waals surface area contributed by atoms with Crippen molar-refractivity contribution in [3.63, 3.8) is 0 Å². The van der Waals surface area contributed by atoms with E-state index in [4.69, 9.17) is 4.74 Å². The fourth-order valence-corrected chi connectivity index (χ4v) is 4.10. The first kappa shape index (κ1) is 20.0. The molecule has 1 saturated carbocycles. The van der Waals surface area contributed by atoms with Gasteiger partial charge in [-0.2, -0.15) is 8.78 Å². The molecule has 2 fully saturated rings. The monoisotopic (exact) mass is 430 g/mol. The van der Waals surface area contributed by atoms with Crippen molar-refractivity contribution in [1.29, 1.82) is 0 Å². The molecule has 0 radical (unpaired) electrons. The van der Waals surface area contributed by atoms with Crippen LogP contribution in [-0.2, 0) is 20.9 Å². The summed E-state index contributed by atoms with van der Waals surface area (Å²) in [6.45, 7) is 4.06. The Hall–Kier alpha value is -2.88. The number of ether oxygens (including phenoxy) is 1. The SMILES string of the molecule is CC(=O)Nc1cc2c(cn1)C1(CC1)CN2c1cc(NCC2CCO2)nc(C(C)(F)F)n1. The van der Waals surface area contributed by atoms with Gasteiger partial charge >= 0.3 is 5.92 Å². The lowest BCUT2D eigenvalue weighted by Gasteiger charge is -2.27. The second kappa shape index (κ2) is 7.08. The van der Waals surface area contributed by atoms with Gasteiger partial charge in [0, 0.05) is 62.9 Å². The molecule has 31 heavy (non-hydrogen) atoms. The maximum atomic E-state index is 14.2. The second-order valence-corrected chi connectivity index (χ2v) is 8.62. The average Bonchev–Trinajstić information content (AvgIpc) is 3.36. The van der Waals surface area contributed by atoms with Gasteiger partial charge < -0.3 is 20.3 Å². The molecule has 2 aromatic heterocycles. The molecule has 5 rings (SSSR count). The molecule has 0 bridgehead atoms. The van der Waals surface area contributed by atoms with E-state index < -0.39 is 11.7 Å². The standard InChI is InChI=1S/C21H24F2N6O2/c1-12(30)26-16-7-15-14(10-25-16)21(4-5-21)11-29(15)18-8-17(24-9-13-3-6-31-13)27-19(28-18)20(2,22)23/h7-8,10,13H,3-6,9,11H2,1-2H3,(H,24,27,28)(H,25,26,30). The number of pyridine rings is 1. The number of nitrogens with one attached hydrogen (secondary N) is 2. The van der Waals surface area contributed by atoms with Crippen molar-refractivity contribution in [3.8, 4) is 0 Å². The lowest BCUT2D eigenvalue weighted by Crippen LogP contribution is -2.34. The van der Waals surface area contributed by atoms with Crippen LogP contribution in [0.4, 0.5) is 31.9 Å². The number of anilines is 4. The number of rotatable bonds is 6. The Morgan fingerprint density at radius 3 is 2.71 bits per heavy atom. The van der Waals surface area contributed by atoms with Crippen LogP contribution in [0.2, 0.25) is 0 Å². The molecule has 164 valence electrons. The summed E-state index contributed by atoms with van der Waals surface area (Å²) in [4.78, 5) is 26.0. The zero-order chi connectivity index (χ0) is 21.8. The largest absolute Gasteiger partial charge is 0.376 e. The lowest BCUT2D eigenvalue weighted by molar-refractivity contribution is -0.114. The van der Waals surface area contributed by atoms with E-state index in [-0.39, 0.29) is 17.4 Å². The van der Waals surface area contributed by atoms with Crippen LogP contribution in [0.1, 0.15) is 44.5 Å². The third-order valence-electron chi connectivity index (χ3n) is 6.05. The van der Waals surface area contributed by atoms with Crippen LogP contribution in [0.25, 0.3) is 0 Å². The van der Waals surface area contributed by atoms with E-state index in [1.807, 2.05) is 4.90 Å². The molecule has 1 saturated heterocycles. The molecule has 1 amide bonds. The summed E-state index contributed by atoms with van der Waals surface area (Å²) >= 11 is 0. The Kier molecular flexibility index (Phi) is 4.58. The zero-order valence-corrected chi connectivity index (χ0v) is 17.4. The number of aromatic nitrogens is 3.